The first-order chi connectivity index (χ1) is 17.8. The minimum absolute atomic E-state index is 0.0848. The van der Waals surface area contributed by atoms with Gasteiger partial charge in [-0.25, -0.2) is 13.2 Å². The number of hydrogen-bond acceptors (Lipinski definition) is 14. The fourth-order valence-electron chi connectivity index (χ4n) is 3.78. The van der Waals surface area contributed by atoms with Crippen LogP contribution in [0, 0.1) is 0 Å². The predicted octanol–water partition coefficient (Wildman–Crippen LogP) is -0.365. The van der Waals surface area contributed by atoms with Crippen LogP contribution in [0.4, 0.5) is 0 Å². The van der Waals surface area contributed by atoms with Crippen LogP contribution in [0.3, 0.4) is 0 Å². The van der Waals surface area contributed by atoms with E-state index in [-0.39, 0.29) is 5.76 Å². The molecule has 0 aliphatic carbocycles. The molecule has 0 bridgehead atoms. The van der Waals surface area contributed by atoms with E-state index in [0.29, 0.717) is 17.4 Å². The Morgan fingerprint density at radius 3 is 2.29 bits per heavy atom. The van der Waals surface area contributed by atoms with Gasteiger partial charge in [-0.1, -0.05) is 0 Å². The number of carbonyl (C=O) groups is 1. The predicted molar refractivity (Wildman–Crippen MR) is 121 cm³/mol. The quantitative estimate of drug-likeness (QED) is 0.184. The zero-order valence-electron chi connectivity index (χ0n) is 19.1. The molecule has 2 heterocycles. The summed E-state index contributed by atoms with van der Waals surface area (Å²) in [7, 11) is -4.13. The zero-order chi connectivity index (χ0) is 27.9. The summed E-state index contributed by atoms with van der Waals surface area (Å²) in [4.78, 5) is 24.3. The maximum Gasteiger partial charge on any atom is 0.335 e. The first-order valence-electron chi connectivity index (χ1n) is 10.5. The molecule has 0 amide bonds. The van der Waals surface area contributed by atoms with Gasteiger partial charge in [-0.05, 0) is 24.3 Å². The Labute approximate surface area is 212 Å². The van der Waals surface area contributed by atoms with Crippen LogP contribution in [0.15, 0.2) is 45.6 Å². The number of aliphatic carboxylic acids is 1. The average molecular weight is 555 g/mol. The van der Waals surface area contributed by atoms with Crippen LogP contribution in [-0.4, -0.2) is 82.3 Å². The van der Waals surface area contributed by atoms with Crippen LogP contribution in [-0.2, 0) is 24.1 Å². The highest BCUT2D eigenvalue weighted by Gasteiger charge is 2.51. The number of ether oxygens (including phenoxy) is 3. The monoisotopic (exact) mass is 555 g/mol. The standard InChI is InChI=1S/C22H20O15S/c1-33-9-4-2-8(3-5-9)13-7-11(24)14-10(23)6-12(25)17(18(14)34-13)35-22-20(37-38(30,31)32)16(27)15(26)19(36-22)21(28)29/h2-7,15-16,19-20,22-23,25-27H,1H3,(H,28,29)(H,30,31,32)/p-1/t15-,16+,19-,20+,22+/m0/s1. The Morgan fingerprint density at radius 2 is 1.71 bits per heavy atom. The summed E-state index contributed by atoms with van der Waals surface area (Å²) in [6.07, 6.45) is -11.4. The van der Waals surface area contributed by atoms with Gasteiger partial charge in [0, 0.05) is 17.7 Å². The highest BCUT2D eigenvalue weighted by atomic mass is 32.3. The molecule has 0 saturated carbocycles. The number of benzene rings is 2. The molecule has 15 nitrogen and oxygen atoms in total. The second-order valence-corrected chi connectivity index (χ2v) is 8.99. The number of aliphatic hydroxyl groups is 2. The molecule has 5 N–H and O–H groups in total. The molecule has 1 saturated heterocycles. The van der Waals surface area contributed by atoms with E-state index in [0.717, 1.165) is 6.07 Å². The number of phenols is 2. The number of carboxylic acid groups (broad SMARTS) is 1. The van der Waals surface area contributed by atoms with Crippen LogP contribution < -0.4 is 14.9 Å². The van der Waals surface area contributed by atoms with Gasteiger partial charge in [-0.15, -0.1) is 0 Å². The molecule has 0 unspecified atom stereocenters. The van der Waals surface area contributed by atoms with Gasteiger partial charge in [0.05, 0.1) is 7.11 Å². The first kappa shape index (κ1) is 27.1. The minimum atomic E-state index is -5.57. The van der Waals surface area contributed by atoms with E-state index in [1.54, 1.807) is 12.1 Å². The topological polar surface area (TPSA) is 243 Å². The molecule has 1 aromatic heterocycles. The zero-order valence-corrected chi connectivity index (χ0v) is 19.9. The third kappa shape index (κ3) is 5.21. The number of fused-ring (bicyclic) bond motifs is 1. The summed E-state index contributed by atoms with van der Waals surface area (Å²) in [6, 6.07) is 7.85. The summed E-state index contributed by atoms with van der Waals surface area (Å²) in [5.41, 5.74) is -1.06. The SMILES string of the molecule is COc1ccc(-c2cc(=O)c3c(O)cc(O)c(O[C@@H]4O[C@H](C(=O)O)[C@@H](O)[C@@H](O)[C@H]4OS(=O)(=O)[O-])c3o2)cc1. The summed E-state index contributed by atoms with van der Waals surface area (Å²) in [5, 5.41) is 49.9. The maximum atomic E-state index is 12.9. The van der Waals surface area contributed by atoms with Crippen molar-refractivity contribution in [1.82, 2.24) is 0 Å². The molecule has 1 fully saturated rings. The first-order valence-corrected chi connectivity index (χ1v) is 11.9. The Hall–Kier alpha value is -3.93. The summed E-state index contributed by atoms with van der Waals surface area (Å²) < 4.78 is 59.1. The Morgan fingerprint density at radius 1 is 1.05 bits per heavy atom. The molecule has 1 aliphatic heterocycles. The molecule has 0 spiro atoms. The van der Waals surface area contributed by atoms with E-state index >= 15 is 0 Å². The highest BCUT2D eigenvalue weighted by Crippen LogP contribution is 2.42. The van der Waals surface area contributed by atoms with Gasteiger partial charge in [0.15, 0.2) is 29.0 Å². The molecule has 38 heavy (non-hydrogen) atoms. The molecule has 1 aliphatic rings. The van der Waals surface area contributed by atoms with E-state index in [4.69, 9.17) is 18.6 Å². The van der Waals surface area contributed by atoms with E-state index < -0.39 is 80.7 Å². The molecule has 3 aromatic rings. The van der Waals surface area contributed by atoms with Crippen molar-refractivity contribution in [2.75, 3.05) is 7.11 Å². The van der Waals surface area contributed by atoms with Gasteiger partial charge in [0.1, 0.15) is 34.9 Å². The van der Waals surface area contributed by atoms with E-state index in [1.807, 2.05) is 0 Å². The van der Waals surface area contributed by atoms with E-state index in [1.165, 1.54) is 19.2 Å². The van der Waals surface area contributed by atoms with Crippen molar-refractivity contribution >= 4 is 27.3 Å². The van der Waals surface area contributed by atoms with Crippen molar-refractivity contribution in [3.63, 3.8) is 0 Å². The summed E-state index contributed by atoms with van der Waals surface area (Å²) in [6.45, 7) is 0. The molecule has 4 rings (SSSR count). The second kappa shape index (κ2) is 10.1. The third-order valence-corrected chi connectivity index (χ3v) is 6.00. The summed E-state index contributed by atoms with van der Waals surface area (Å²) >= 11 is 0. The van der Waals surface area contributed by atoms with Crippen molar-refractivity contribution in [2.24, 2.45) is 0 Å². The fraction of sp³-hybridized carbons (Fsp3) is 0.273. The van der Waals surface area contributed by atoms with Gasteiger partial charge in [-0.2, -0.15) is 0 Å². The number of hydrogen-bond donors (Lipinski definition) is 5. The normalized spacial score (nSPS) is 23.7. The van der Waals surface area contributed by atoms with E-state index in [2.05, 4.69) is 4.18 Å². The molecular formula is C22H19O15S-. The number of aromatic hydroxyl groups is 2. The molecule has 204 valence electrons. The lowest BCUT2D eigenvalue weighted by Crippen LogP contribution is -2.62. The highest BCUT2D eigenvalue weighted by molar-refractivity contribution is 7.80. The molecular weight excluding hydrogens is 536 g/mol. The van der Waals surface area contributed by atoms with Gasteiger partial charge in [0.2, 0.25) is 22.4 Å². The van der Waals surface area contributed by atoms with Gasteiger partial charge < -0.3 is 48.7 Å². The number of phenolic OH excluding ortho intramolecular Hbond substituents is 2. The molecule has 2 aromatic carbocycles. The second-order valence-electron chi connectivity index (χ2n) is 7.98. The van der Waals surface area contributed by atoms with Crippen LogP contribution >= 0.6 is 0 Å². The maximum absolute atomic E-state index is 12.9. The largest absolute Gasteiger partial charge is 0.726 e. The van der Waals surface area contributed by atoms with Crippen molar-refractivity contribution < 1.29 is 66.1 Å². The lowest BCUT2D eigenvalue weighted by molar-refractivity contribution is -0.265. The van der Waals surface area contributed by atoms with Crippen molar-refractivity contribution in [2.45, 2.75) is 30.7 Å². The van der Waals surface area contributed by atoms with Crippen molar-refractivity contribution in [1.29, 1.82) is 0 Å². The van der Waals surface area contributed by atoms with Crippen LogP contribution in [0.1, 0.15) is 0 Å². The molecule has 0 radical (unpaired) electrons. The van der Waals surface area contributed by atoms with Crippen molar-refractivity contribution in [3.05, 3.63) is 46.6 Å². The van der Waals surface area contributed by atoms with Gasteiger partial charge in [-0.3, -0.25) is 8.98 Å². The van der Waals surface area contributed by atoms with Gasteiger partial charge in [0.25, 0.3) is 0 Å². The van der Waals surface area contributed by atoms with Crippen LogP contribution in [0.2, 0.25) is 0 Å². The van der Waals surface area contributed by atoms with E-state index in [9.17, 15) is 48.1 Å². The Bertz CT molecular complexity index is 1530. The fourth-order valence-corrected chi connectivity index (χ4v) is 4.26. The van der Waals surface area contributed by atoms with Gasteiger partial charge >= 0.3 is 5.97 Å². The lowest BCUT2D eigenvalue weighted by atomic mass is 9.99. The Balaban J connectivity index is 1.86. The number of rotatable bonds is 7. The van der Waals surface area contributed by atoms with Crippen molar-refractivity contribution in [3.8, 4) is 34.3 Å². The third-order valence-electron chi connectivity index (χ3n) is 5.54. The summed E-state index contributed by atoms with van der Waals surface area (Å²) in [5.74, 6) is -3.82. The average Bonchev–Trinajstić information content (AvgIpc) is 2.84. The smallest absolute Gasteiger partial charge is 0.335 e. The minimum Gasteiger partial charge on any atom is -0.726 e. The van der Waals surface area contributed by atoms with Crippen LogP contribution in [0.5, 0.6) is 23.0 Å². The number of aliphatic hydroxyl groups excluding tert-OH is 2. The Kier molecular flexibility index (Phi) is 7.20. The molecule has 16 heteroatoms. The molecule has 5 atom stereocenters. The number of methoxy groups -OCH3 is 1. The lowest BCUT2D eigenvalue weighted by Gasteiger charge is -2.40. The van der Waals surface area contributed by atoms with Crippen LogP contribution in [0.25, 0.3) is 22.3 Å². The number of carboxylic acids is 1.